The number of carbonyl (C=O) groups is 2. The van der Waals surface area contributed by atoms with Gasteiger partial charge in [0.2, 0.25) is 5.91 Å². The number of carbonyl (C=O) groups excluding carboxylic acids is 1. The molecule has 1 fully saturated rings. The van der Waals surface area contributed by atoms with E-state index in [1.54, 1.807) is 13.8 Å². The fraction of sp³-hybridized carbons (Fsp3) is 0.800. The average molecular weight is 214 g/mol. The van der Waals surface area contributed by atoms with Crippen molar-refractivity contribution in [2.45, 2.75) is 38.6 Å². The fourth-order valence-corrected chi connectivity index (χ4v) is 1.54. The van der Waals surface area contributed by atoms with Gasteiger partial charge in [0.05, 0.1) is 11.8 Å². The van der Waals surface area contributed by atoms with Crippen LogP contribution in [0.15, 0.2) is 0 Å². The summed E-state index contributed by atoms with van der Waals surface area (Å²) in [5.74, 6) is -1.03. The molecule has 0 aromatic carbocycles. The molecule has 15 heavy (non-hydrogen) atoms. The van der Waals surface area contributed by atoms with Crippen molar-refractivity contribution in [1.82, 2.24) is 5.32 Å². The number of nitrogens with one attached hydrogen (secondary N) is 1. The van der Waals surface area contributed by atoms with E-state index in [1.807, 2.05) is 0 Å². The highest BCUT2D eigenvalue weighted by atomic mass is 16.4. The number of carboxylic acids is 1. The maximum atomic E-state index is 11.8. The van der Waals surface area contributed by atoms with Crippen molar-refractivity contribution in [2.75, 3.05) is 6.54 Å². The Labute approximate surface area is 89.0 Å². The van der Waals surface area contributed by atoms with E-state index in [1.165, 1.54) is 0 Å². The highest BCUT2D eigenvalue weighted by molar-refractivity contribution is 5.86. The van der Waals surface area contributed by atoms with Crippen LogP contribution in [0.3, 0.4) is 0 Å². The summed E-state index contributed by atoms with van der Waals surface area (Å²) in [6.45, 7) is 3.74. The molecule has 5 heteroatoms. The van der Waals surface area contributed by atoms with Gasteiger partial charge in [-0.2, -0.15) is 0 Å². The Morgan fingerprint density at radius 1 is 1.47 bits per heavy atom. The zero-order valence-corrected chi connectivity index (χ0v) is 9.17. The lowest BCUT2D eigenvalue weighted by molar-refractivity contribution is -0.139. The van der Waals surface area contributed by atoms with E-state index in [9.17, 15) is 9.59 Å². The summed E-state index contributed by atoms with van der Waals surface area (Å²) < 4.78 is 0. The van der Waals surface area contributed by atoms with Crippen molar-refractivity contribution in [3.8, 4) is 0 Å². The molecule has 1 aliphatic rings. The van der Waals surface area contributed by atoms with E-state index in [0.29, 0.717) is 6.54 Å². The molecule has 1 saturated carbocycles. The van der Waals surface area contributed by atoms with Crippen LogP contribution in [0.4, 0.5) is 0 Å². The molecule has 1 amide bonds. The van der Waals surface area contributed by atoms with Crippen LogP contribution in [-0.2, 0) is 9.59 Å². The third-order valence-corrected chi connectivity index (χ3v) is 2.77. The van der Waals surface area contributed by atoms with Crippen molar-refractivity contribution in [2.24, 2.45) is 11.1 Å². The standard InChI is InChI=1S/C10H18N2O3/c1-9(2,5-7(13)14)12-8(15)10(6-11)3-4-10/h3-6,11H2,1-2H3,(H,12,15)(H,13,14). The molecule has 0 spiro atoms. The second-order valence-electron chi connectivity index (χ2n) is 4.89. The smallest absolute Gasteiger partial charge is 0.305 e. The summed E-state index contributed by atoms with van der Waals surface area (Å²) in [6, 6.07) is 0. The van der Waals surface area contributed by atoms with Crippen LogP contribution in [-0.4, -0.2) is 29.1 Å². The van der Waals surface area contributed by atoms with Crippen molar-refractivity contribution in [3.05, 3.63) is 0 Å². The molecule has 5 nitrogen and oxygen atoms in total. The van der Waals surface area contributed by atoms with Gasteiger partial charge in [-0.1, -0.05) is 0 Å². The van der Waals surface area contributed by atoms with E-state index < -0.39 is 16.9 Å². The van der Waals surface area contributed by atoms with Crippen LogP contribution in [0.2, 0.25) is 0 Å². The number of hydrogen-bond acceptors (Lipinski definition) is 3. The third-order valence-electron chi connectivity index (χ3n) is 2.77. The summed E-state index contributed by atoms with van der Waals surface area (Å²) in [5, 5.41) is 11.4. The molecule has 86 valence electrons. The normalized spacial score (nSPS) is 18.3. The lowest BCUT2D eigenvalue weighted by Gasteiger charge is -2.26. The fourth-order valence-electron chi connectivity index (χ4n) is 1.54. The predicted octanol–water partition coefficient (Wildman–Crippen LogP) is 0.0948. The highest BCUT2D eigenvalue weighted by Gasteiger charge is 2.49. The Morgan fingerprint density at radius 2 is 2.00 bits per heavy atom. The monoisotopic (exact) mass is 214 g/mol. The van der Waals surface area contributed by atoms with E-state index in [-0.39, 0.29) is 12.3 Å². The first-order chi connectivity index (χ1) is 6.81. The van der Waals surface area contributed by atoms with Crippen LogP contribution in [0.25, 0.3) is 0 Å². The van der Waals surface area contributed by atoms with Gasteiger partial charge in [0.25, 0.3) is 0 Å². The Bertz CT molecular complexity index is 282. The molecule has 0 aliphatic heterocycles. The molecule has 0 heterocycles. The average Bonchev–Trinajstić information content (AvgIpc) is 2.79. The van der Waals surface area contributed by atoms with Crippen LogP contribution < -0.4 is 11.1 Å². The van der Waals surface area contributed by atoms with E-state index >= 15 is 0 Å². The van der Waals surface area contributed by atoms with Gasteiger partial charge in [0.15, 0.2) is 0 Å². The quantitative estimate of drug-likeness (QED) is 0.605. The Balaban J connectivity index is 2.54. The maximum Gasteiger partial charge on any atom is 0.305 e. The van der Waals surface area contributed by atoms with Crippen molar-refractivity contribution >= 4 is 11.9 Å². The van der Waals surface area contributed by atoms with Gasteiger partial charge in [-0.25, -0.2) is 0 Å². The SMILES string of the molecule is CC(C)(CC(=O)O)NC(=O)C1(CN)CC1. The topological polar surface area (TPSA) is 92.4 Å². The Morgan fingerprint density at radius 3 is 2.33 bits per heavy atom. The van der Waals surface area contributed by atoms with Gasteiger partial charge in [0.1, 0.15) is 0 Å². The molecule has 0 bridgehead atoms. The molecule has 0 unspecified atom stereocenters. The number of carboxylic acid groups (broad SMARTS) is 1. The summed E-state index contributed by atoms with van der Waals surface area (Å²) in [4.78, 5) is 22.3. The van der Waals surface area contributed by atoms with E-state index in [4.69, 9.17) is 10.8 Å². The van der Waals surface area contributed by atoms with E-state index in [2.05, 4.69) is 5.32 Å². The zero-order valence-electron chi connectivity index (χ0n) is 9.17. The Hall–Kier alpha value is -1.10. The van der Waals surface area contributed by atoms with Gasteiger partial charge in [-0.3, -0.25) is 9.59 Å². The molecular formula is C10H18N2O3. The Kier molecular flexibility index (Phi) is 3.04. The molecule has 0 aromatic rings. The number of rotatable bonds is 5. The minimum absolute atomic E-state index is 0.0839. The summed E-state index contributed by atoms with van der Waals surface area (Å²) in [7, 11) is 0. The first kappa shape index (κ1) is 12.0. The molecule has 0 saturated heterocycles. The number of amides is 1. The molecule has 1 aliphatic carbocycles. The number of hydrogen-bond donors (Lipinski definition) is 3. The molecule has 4 N–H and O–H groups in total. The summed E-state index contributed by atoms with van der Waals surface area (Å²) in [5.41, 5.74) is 4.38. The van der Waals surface area contributed by atoms with E-state index in [0.717, 1.165) is 12.8 Å². The maximum absolute atomic E-state index is 11.8. The van der Waals surface area contributed by atoms with Gasteiger partial charge in [0, 0.05) is 12.1 Å². The summed E-state index contributed by atoms with van der Waals surface area (Å²) in [6.07, 6.45) is 1.52. The summed E-state index contributed by atoms with van der Waals surface area (Å²) >= 11 is 0. The molecule has 1 rings (SSSR count). The molecular weight excluding hydrogens is 196 g/mol. The first-order valence-corrected chi connectivity index (χ1v) is 5.06. The van der Waals surface area contributed by atoms with Crippen LogP contribution >= 0.6 is 0 Å². The number of aliphatic carboxylic acids is 1. The van der Waals surface area contributed by atoms with Crippen molar-refractivity contribution in [3.63, 3.8) is 0 Å². The van der Waals surface area contributed by atoms with Gasteiger partial charge < -0.3 is 16.2 Å². The molecule has 0 aromatic heterocycles. The lowest BCUT2D eigenvalue weighted by Crippen LogP contribution is -2.49. The molecule has 0 atom stereocenters. The van der Waals surface area contributed by atoms with Crippen LogP contribution in [0, 0.1) is 5.41 Å². The minimum Gasteiger partial charge on any atom is -0.481 e. The van der Waals surface area contributed by atoms with Gasteiger partial charge in [-0.05, 0) is 26.7 Å². The minimum atomic E-state index is -0.919. The highest BCUT2D eigenvalue weighted by Crippen LogP contribution is 2.45. The van der Waals surface area contributed by atoms with Crippen LogP contribution in [0.5, 0.6) is 0 Å². The van der Waals surface area contributed by atoms with Crippen molar-refractivity contribution in [1.29, 1.82) is 0 Å². The second kappa shape index (κ2) is 3.81. The molecule has 0 radical (unpaired) electrons. The van der Waals surface area contributed by atoms with Gasteiger partial charge in [-0.15, -0.1) is 0 Å². The predicted molar refractivity (Wildman–Crippen MR) is 55.2 cm³/mol. The number of nitrogens with two attached hydrogens (primary N) is 1. The third kappa shape index (κ3) is 2.92. The zero-order chi connectivity index (χ0) is 11.7. The second-order valence-corrected chi connectivity index (χ2v) is 4.89. The first-order valence-electron chi connectivity index (χ1n) is 5.06. The van der Waals surface area contributed by atoms with Crippen LogP contribution in [0.1, 0.15) is 33.1 Å². The lowest BCUT2D eigenvalue weighted by atomic mass is 9.98. The van der Waals surface area contributed by atoms with Gasteiger partial charge >= 0.3 is 5.97 Å². The van der Waals surface area contributed by atoms with Crippen molar-refractivity contribution < 1.29 is 14.7 Å². The largest absolute Gasteiger partial charge is 0.481 e.